The van der Waals surface area contributed by atoms with Crippen LogP contribution in [0.3, 0.4) is 0 Å². The van der Waals surface area contributed by atoms with E-state index in [4.69, 9.17) is 0 Å². The molecule has 4 aromatic rings. The Kier molecular flexibility index (Phi) is 10.3. The zero-order valence-corrected chi connectivity index (χ0v) is 27.6. The van der Waals surface area contributed by atoms with Gasteiger partial charge in [-0.05, 0) is 115 Å². The van der Waals surface area contributed by atoms with Gasteiger partial charge < -0.3 is 0 Å². The quantitative estimate of drug-likeness (QED) is 0.131. The number of pyridine rings is 1. The molecule has 0 N–H and O–H groups in total. The number of hydrogen-bond acceptors (Lipinski definition) is 1. The summed E-state index contributed by atoms with van der Waals surface area (Å²) >= 11 is 1.88. The molecule has 1 aliphatic carbocycles. The molecule has 1 heterocycles. The summed E-state index contributed by atoms with van der Waals surface area (Å²) in [5, 5.41) is 0. The Balaban J connectivity index is 1.15. The molecule has 3 aromatic carbocycles. The number of benzene rings is 3. The van der Waals surface area contributed by atoms with Gasteiger partial charge in [0, 0.05) is 56.5 Å². The van der Waals surface area contributed by atoms with E-state index in [0.29, 0.717) is 17.8 Å². The van der Waals surface area contributed by atoms with Gasteiger partial charge in [0.1, 0.15) is 7.05 Å². The standard InChI is InChI=1S/C42H42NS/c1-30-29-39(12-11-37-15-20-41(21-16-37)44-28-25-38-23-26-43(6)27-24-38)14-19-40(30)18-13-35-7-9-36(10-8-35)17-22-42-33(4)31(2)32(3)34(42)5/h7-10,14-16,19-21,23-24,26-27,29,31-34,42H,25,28H2,1-6H3/q+1. The van der Waals surface area contributed by atoms with Crippen LogP contribution in [0, 0.1) is 72.0 Å². The van der Waals surface area contributed by atoms with E-state index in [2.05, 4.69) is 166 Å². The van der Waals surface area contributed by atoms with E-state index in [0.717, 1.165) is 57.4 Å². The van der Waals surface area contributed by atoms with Crippen LogP contribution in [0.2, 0.25) is 0 Å². The number of rotatable bonds is 4. The Morgan fingerprint density at radius 3 is 1.75 bits per heavy atom. The molecule has 4 unspecified atom stereocenters. The van der Waals surface area contributed by atoms with Crippen LogP contribution < -0.4 is 4.57 Å². The molecule has 1 saturated carbocycles. The third-order valence-corrected chi connectivity index (χ3v) is 10.4. The van der Waals surface area contributed by atoms with Crippen molar-refractivity contribution in [1.82, 2.24) is 0 Å². The molecule has 1 aromatic heterocycles. The monoisotopic (exact) mass is 592 g/mol. The SMILES string of the molecule is Cc1cc(C#Cc2ccc(SCCc3cc[n+](C)cc3)cc2)ccc1C#Cc1ccc(C#CC2C(C)C(C)C(C)C2C)cc1. The summed E-state index contributed by atoms with van der Waals surface area (Å²) in [5.74, 6) is 24.6. The smallest absolute Gasteiger partial charge is 0.168 e. The molecule has 44 heavy (non-hydrogen) atoms. The Bertz CT molecular complexity index is 1750. The van der Waals surface area contributed by atoms with Crippen molar-refractivity contribution in [2.45, 2.75) is 45.9 Å². The Morgan fingerprint density at radius 2 is 1.14 bits per heavy atom. The molecule has 0 amide bonds. The largest absolute Gasteiger partial charge is 0.208 e. The molecule has 1 aliphatic rings. The van der Waals surface area contributed by atoms with Crippen molar-refractivity contribution in [2.75, 3.05) is 5.75 Å². The van der Waals surface area contributed by atoms with E-state index in [1.54, 1.807) is 0 Å². The van der Waals surface area contributed by atoms with Gasteiger partial charge in [-0.2, -0.15) is 0 Å². The van der Waals surface area contributed by atoms with Crippen LogP contribution in [-0.2, 0) is 13.5 Å². The molecule has 0 radical (unpaired) electrons. The minimum atomic E-state index is 0.471. The Hall–Kier alpha value is -4.16. The zero-order chi connectivity index (χ0) is 31.1. The molecule has 1 nitrogen and oxygen atoms in total. The van der Waals surface area contributed by atoms with Crippen molar-refractivity contribution in [3.8, 4) is 35.5 Å². The fraction of sp³-hybridized carbons (Fsp3) is 0.310. The average Bonchev–Trinajstić information content (AvgIpc) is 3.22. The first-order valence-corrected chi connectivity index (χ1v) is 16.7. The van der Waals surface area contributed by atoms with Gasteiger partial charge >= 0.3 is 0 Å². The predicted molar refractivity (Wildman–Crippen MR) is 185 cm³/mol. The molecule has 0 bridgehead atoms. The number of thioether (sulfide) groups is 1. The van der Waals surface area contributed by atoms with E-state index in [-0.39, 0.29) is 0 Å². The van der Waals surface area contributed by atoms with Crippen LogP contribution in [-0.4, -0.2) is 5.75 Å². The van der Waals surface area contributed by atoms with Crippen LogP contribution in [0.5, 0.6) is 0 Å². The zero-order valence-electron chi connectivity index (χ0n) is 26.8. The molecule has 1 fully saturated rings. The van der Waals surface area contributed by atoms with Crippen LogP contribution >= 0.6 is 11.8 Å². The first kappa shape index (κ1) is 31.3. The van der Waals surface area contributed by atoms with Crippen molar-refractivity contribution in [3.05, 3.63) is 130 Å². The molecule has 0 spiro atoms. The fourth-order valence-electron chi connectivity index (χ4n) is 5.94. The minimum absolute atomic E-state index is 0.471. The third kappa shape index (κ3) is 8.06. The van der Waals surface area contributed by atoms with Crippen molar-refractivity contribution in [1.29, 1.82) is 0 Å². The summed E-state index contributed by atoms with van der Waals surface area (Å²) in [6.45, 7) is 11.6. The van der Waals surface area contributed by atoms with Crippen LogP contribution in [0.15, 0.2) is 96.2 Å². The maximum atomic E-state index is 3.59. The second kappa shape index (κ2) is 14.5. The second-order valence-corrected chi connectivity index (χ2v) is 13.5. The van der Waals surface area contributed by atoms with Gasteiger partial charge in [0.05, 0.1) is 0 Å². The van der Waals surface area contributed by atoms with Crippen LogP contribution in [0.1, 0.15) is 66.6 Å². The first-order chi connectivity index (χ1) is 21.3. The van der Waals surface area contributed by atoms with Gasteiger partial charge in [-0.15, -0.1) is 11.8 Å². The maximum absolute atomic E-state index is 3.59. The number of nitrogens with zero attached hydrogens (tertiary/aromatic N) is 1. The highest BCUT2D eigenvalue weighted by molar-refractivity contribution is 7.99. The molecule has 220 valence electrons. The van der Waals surface area contributed by atoms with Crippen molar-refractivity contribution >= 4 is 11.8 Å². The van der Waals surface area contributed by atoms with Gasteiger partial charge in [0.2, 0.25) is 0 Å². The normalized spacial score (nSPS) is 20.5. The number of hydrogen-bond donors (Lipinski definition) is 0. The maximum Gasteiger partial charge on any atom is 0.168 e. The first-order valence-electron chi connectivity index (χ1n) is 15.7. The van der Waals surface area contributed by atoms with E-state index in [1.165, 1.54) is 10.5 Å². The lowest BCUT2D eigenvalue weighted by Gasteiger charge is -2.14. The molecule has 4 atom stereocenters. The summed E-state index contributed by atoms with van der Waals surface area (Å²) in [6, 6.07) is 27.5. The predicted octanol–water partition coefficient (Wildman–Crippen LogP) is 8.48. The molecule has 0 aliphatic heterocycles. The van der Waals surface area contributed by atoms with Gasteiger partial charge in [-0.1, -0.05) is 63.2 Å². The lowest BCUT2D eigenvalue weighted by atomic mass is 9.90. The molecule has 5 rings (SSSR count). The number of aromatic nitrogens is 1. The molecular weight excluding hydrogens is 551 g/mol. The van der Waals surface area contributed by atoms with Crippen molar-refractivity contribution in [2.24, 2.45) is 36.6 Å². The molecular formula is C42H42NS+. The highest BCUT2D eigenvalue weighted by Crippen LogP contribution is 2.44. The Labute approximate surface area is 269 Å². The van der Waals surface area contributed by atoms with E-state index >= 15 is 0 Å². The van der Waals surface area contributed by atoms with Gasteiger partial charge in [-0.3, -0.25) is 0 Å². The third-order valence-electron chi connectivity index (χ3n) is 9.37. The molecule has 2 heteroatoms. The lowest BCUT2D eigenvalue weighted by molar-refractivity contribution is -0.671. The average molecular weight is 593 g/mol. The van der Waals surface area contributed by atoms with Crippen molar-refractivity contribution in [3.63, 3.8) is 0 Å². The van der Waals surface area contributed by atoms with Gasteiger partial charge in [-0.25, -0.2) is 4.57 Å². The fourth-order valence-corrected chi connectivity index (χ4v) is 6.84. The molecule has 0 saturated heterocycles. The summed E-state index contributed by atoms with van der Waals surface area (Å²) in [4.78, 5) is 1.27. The highest BCUT2D eigenvalue weighted by Gasteiger charge is 2.40. The number of aryl methyl sites for hydroxylation is 3. The van der Waals surface area contributed by atoms with Crippen LogP contribution in [0.4, 0.5) is 0 Å². The lowest BCUT2D eigenvalue weighted by Crippen LogP contribution is -2.25. The highest BCUT2D eigenvalue weighted by atomic mass is 32.2. The van der Waals surface area contributed by atoms with E-state index in [1.807, 2.05) is 18.8 Å². The van der Waals surface area contributed by atoms with Crippen LogP contribution in [0.25, 0.3) is 0 Å². The second-order valence-electron chi connectivity index (χ2n) is 12.3. The van der Waals surface area contributed by atoms with E-state index < -0.39 is 0 Å². The van der Waals surface area contributed by atoms with Gasteiger partial charge in [0.25, 0.3) is 0 Å². The Morgan fingerprint density at radius 1 is 0.614 bits per heavy atom. The van der Waals surface area contributed by atoms with Crippen molar-refractivity contribution < 1.29 is 4.57 Å². The summed E-state index contributed by atoms with van der Waals surface area (Å²) in [5.41, 5.74) is 7.61. The summed E-state index contributed by atoms with van der Waals surface area (Å²) in [6.07, 6.45) is 5.27. The summed E-state index contributed by atoms with van der Waals surface area (Å²) < 4.78 is 2.07. The summed E-state index contributed by atoms with van der Waals surface area (Å²) in [7, 11) is 2.05. The topological polar surface area (TPSA) is 3.88 Å². The van der Waals surface area contributed by atoms with E-state index in [9.17, 15) is 0 Å². The van der Waals surface area contributed by atoms with Gasteiger partial charge in [0.15, 0.2) is 12.4 Å². The minimum Gasteiger partial charge on any atom is -0.208 e.